The summed E-state index contributed by atoms with van der Waals surface area (Å²) in [7, 11) is 2.72. The van der Waals surface area contributed by atoms with E-state index < -0.39 is 24.3 Å². The third-order valence-electron chi connectivity index (χ3n) is 3.51. The van der Waals surface area contributed by atoms with Crippen molar-refractivity contribution in [3.8, 4) is 5.75 Å². The second-order valence-corrected chi connectivity index (χ2v) is 5.13. The molecular weight excluding hydrogens is 324 g/mol. The molecule has 1 heterocycles. The number of methoxy groups -OCH3 is 2. The summed E-state index contributed by atoms with van der Waals surface area (Å²) in [5, 5.41) is 2.58. The molecule has 7 nitrogen and oxygen atoms in total. The van der Waals surface area contributed by atoms with Crippen molar-refractivity contribution < 1.29 is 23.9 Å². The number of hydrogen-bond donors (Lipinski definition) is 1. The molecule has 2 rings (SSSR count). The van der Waals surface area contributed by atoms with Crippen LogP contribution in [0.25, 0.3) is 0 Å². The van der Waals surface area contributed by atoms with Gasteiger partial charge in [-0.2, -0.15) is 0 Å². The first-order valence-electron chi connectivity index (χ1n) is 7.49. The quantitative estimate of drug-likeness (QED) is 0.467. The summed E-state index contributed by atoms with van der Waals surface area (Å²) in [6.45, 7) is 0. The first kappa shape index (κ1) is 18.1. The Bertz CT molecular complexity index is 744. The molecule has 1 aromatic heterocycles. The lowest BCUT2D eigenvalue weighted by Crippen LogP contribution is -2.35. The van der Waals surface area contributed by atoms with Gasteiger partial charge in [-0.05, 0) is 42.0 Å². The lowest BCUT2D eigenvalue weighted by atomic mass is 9.98. The van der Waals surface area contributed by atoms with Crippen LogP contribution in [-0.4, -0.2) is 36.9 Å². The van der Waals surface area contributed by atoms with Crippen LogP contribution in [0.4, 0.5) is 0 Å². The van der Waals surface area contributed by atoms with Gasteiger partial charge in [-0.1, -0.05) is 0 Å². The Morgan fingerprint density at radius 3 is 2.24 bits per heavy atom. The molecule has 25 heavy (non-hydrogen) atoms. The third kappa shape index (κ3) is 4.87. The molecule has 0 bridgehead atoms. The Hall–Kier alpha value is -3.22. The molecule has 1 N–H and O–H groups in total. The van der Waals surface area contributed by atoms with Crippen molar-refractivity contribution in [3.05, 3.63) is 59.9 Å². The number of esters is 1. The van der Waals surface area contributed by atoms with Crippen LogP contribution in [0.1, 0.15) is 28.4 Å². The summed E-state index contributed by atoms with van der Waals surface area (Å²) in [5.41, 5.74) is 0.968. The summed E-state index contributed by atoms with van der Waals surface area (Å²) in [6.07, 6.45) is 2.58. The summed E-state index contributed by atoms with van der Waals surface area (Å²) < 4.78 is 9.54. The molecular formula is C18H18N2O5. The Balaban J connectivity index is 2.25. The lowest BCUT2D eigenvalue weighted by Gasteiger charge is -2.18. The van der Waals surface area contributed by atoms with Gasteiger partial charge in [0.05, 0.1) is 14.2 Å². The minimum absolute atomic E-state index is 0.313. The summed E-state index contributed by atoms with van der Waals surface area (Å²) in [6, 6.07) is 8.87. The van der Waals surface area contributed by atoms with E-state index in [2.05, 4.69) is 15.0 Å². The molecule has 0 aliphatic heterocycles. The summed E-state index contributed by atoms with van der Waals surface area (Å²) in [4.78, 5) is 40.0. The predicted molar refractivity (Wildman–Crippen MR) is 89.1 cm³/mol. The second kappa shape index (κ2) is 8.58. The van der Waals surface area contributed by atoms with Crippen LogP contribution in [0.2, 0.25) is 0 Å². The SMILES string of the molecule is COC(=O)CC(=O)NC(C(=O)c1ccc(OC)cc1)c1ccncc1. The van der Waals surface area contributed by atoms with Crippen molar-refractivity contribution in [1.82, 2.24) is 10.3 Å². The molecule has 0 spiro atoms. The number of rotatable bonds is 7. The van der Waals surface area contributed by atoms with E-state index in [0.717, 1.165) is 0 Å². The van der Waals surface area contributed by atoms with Crippen LogP contribution in [0.3, 0.4) is 0 Å². The fourth-order valence-electron chi connectivity index (χ4n) is 2.19. The molecule has 0 aliphatic carbocycles. The zero-order valence-electron chi connectivity index (χ0n) is 13.9. The Kier molecular flexibility index (Phi) is 6.22. The number of benzene rings is 1. The minimum atomic E-state index is -0.937. The molecule has 1 amide bonds. The molecule has 2 aromatic rings. The van der Waals surface area contributed by atoms with Crippen molar-refractivity contribution in [2.24, 2.45) is 0 Å². The van der Waals surface area contributed by atoms with Gasteiger partial charge >= 0.3 is 5.97 Å². The van der Waals surface area contributed by atoms with E-state index in [1.807, 2.05) is 0 Å². The number of hydrogen-bond acceptors (Lipinski definition) is 6. The number of ketones is 1. The lowest BCUT2D eigenvalue weighted by molar-refractivity contribution is -0.143. The van der Waals surface area contributed by atoms with Gasteiger partial charge in [0.2, 0.25) is 5.91 Å². The molecule has 0 saturated heterocycles. The fourth-order valence-corrected chi connectivity index (χ4v) is 2.19. The molecule has 0 fully saturated rings. The van der Waals surface area contributed by atoms with E-state index in [4.69, 9.17) is 4.74 Å². The number of nitrogens with one attached hydrogen (secondary N) is 1. The van der Waals surface area contributed by atoms with Crippen molar-refractivity contribution in [2.75, 3.05) is 14.2 Å². The van der Waals surface area contributed by atoms with E-state index in [0.29, 0.717) is 16.9 Å². The zero-order chi connectivity index (χ0) is 18.2. The molecule has 130 valence electrons. The maximum Gasteiger partial charge on any atom is 0.315 e. The van der Waals surface area contributed by atoms with E-state index in [1.54, 1.807) is 36.4 Å². The van der Waals surface area contributed by atoms with E-state index in [9.17, 15) is 14.4 Å². The van der Waals surface area contributed by atoms with Gasteiger partial charge in [-0.25, -0.2) is 0 Å². The van der Waals surface area contributed by atoms with Crippen LogP contribution < -0.4 is 10.1 Å². The second-order valence-electron chi connectivity index (χ2n) is 5.13. The number of ether oxygens (including phenoxy) is 2. The number of carbonyl (C=O) groups excluding carboxylic acids is 3. The third-order valence-corrected chi connectivity index (χ3v) is 3.51. The maximum absolute atomic E-state index is 12.8. The Morgan fingerprint density at radius 2 is 1.68 bits per heavy atom. The molecule has 1 atom stereocenters. The fraction of sp³-hybridized carbons (Fsp3) is 0.222. The standard InChI is InChI=1S/C18H18N2O5/c1-24-14-5-3-13(4-6-14)18(23)17(12-7-9-19-10-8-12)20-15(21)11-16(22)25-2/h3-10,17H,11H2,1-2H3,(H,20,21). The van der Waals surface area contributed by atoms with Crippen LogP contribution in [0, 0.1) is 0 Å². The van der Waals surface area contributed by atoms with Gasteiger partial charge in [0.25, 0.3) is 0 Å². The van der Waals surface area contributed by atoms with Crippen molar-refractivity contribution in [3.63, 3.8) is 0 Å². The normalized spacial score (nSPS) is 11.3. The van der Waals surface area contributed by atoms with Crippen molar-refractivity contribution >= 4 is 17.7 Å². The monoisotopic (exact) mass is 342 g/mol. The van der Waals surface area contributed by atoms with E-state index in [1.165, 1.54) is 26.6 Å². The number of pyridine rings is 1. The number of carbonyl (C=O) groups is 3. The van der Waals surface area contributed by atoms with Crippen LogP contribution >= 0.6 is 0 Å². The highest BCUT2D eigenvalue weighted by atomic mass is 16.5. The average Bonchev–Trinajstić information content (AvgIpc) is 2.66. The number of aromatic nitrogens is 1. The average molecular weight is 342 g/mol. The van der Waals surface area contributed by atoms with Crippen LogP contribution in [-0.2, 0) is 14.3 Å². The van der Waals surface area contributed by atoms with Gasteiger partial charge in [0.15, 0.2) is 5.78 Å². The molecule has 1 aromatic carbocycles. The van der Waals surface area contributed by atoms with Crippen molar-refractivity contribution in [2.45, 2.75) is 12.5 Å². The predicted octanol–water partition coefficient (Wildman–Crippen LogP) is 1.69. The largest absolute Gasteiger partial charge is 0.497 e. The first-order chi connectivity index (χ1) is 12.0. The van der Waals surface area contributed by atoms with Crippen molar-refractivity contribution in [1.29, 1.82) is 0 Å². The zero-order valence-corrected chi connectivity index (χ0v) is 13.9. The van der Waals surface area contributed by atoms with E-state index in [-0.39, 0.29) is 5.78 Å². The van der Waals surface area contributed by atoms with Gasteiger partial charge in [-0.3, -0.25) is 19.4 Å². The molecule has 0 radical (unpaired) electrons. The summed E-state index contributed by atoms with van der Waals surface area (Å²) in [5.74, 6) is -0.975. The highest BCUT2D eigenvalue weighted by molar-refractivity contribution is 6.04. The van der Waals surface area contributed by atoms with Gasteiger partial charge < -0.3 is 14.8 Å². The Morgan fingerprint density at radius 1 is 1.04 bits per heavy atom. The van der Waals surface area contributed by atoms with Crippen LogP contribution in [0.15, 0.2) is 48.8 Å². The number of amides is 1. The Labute approximate surface area is 145 Å². The van der Waals surface area contributed by atoms with Gasteiger partial charge in [0, 0.05) is 18.0 Å². The molecule has 1 unspecified atom stereocenters. The molecule has 0 aliphatic rings. The smallest absolute Gasteiger partial charge is 0.315 e. The van der Waals surface area contributed by atoms with Crippen LogP contribution in [0.5, 0.6) is 5.75 Å². The minimum Gasteiger partial charge on any atom is -0.497 e. The number of Topliss-reactive ketones (excluding diaryl/α,β-unsaturated/α-hetero) is 1. The highest BCUT2D eigenvalue weighted by Crippen LogP contribution is 2.20. The number of nitrogens with zero attached hydrogens (tertiary/aromatic N) is 1. The molecule has 7 heteroatoms. The van der Waals surface area contributed by atoms with Gasteiger partial charge in [0.1, 0.15) is 18.2 Å². The first-order valence-corrected chi connectivity index (χ1v) is 7.49. The van der Waals surface area contributed by atoms with E-state index >= 15 is 0 Å². The maximum atomic E-state index is 12.8. The summed E-state index contributed by atoms with van der Waals surface area (Å²) >= 11 is 0. The van der Waals surface area contributed by atoms with Gasteiger partial charge in [-0.15, -0.1) is 0 Å². The molecule has 0 saturated carbocycles. The highest BCUT2D eigenvalue weighted by Gasteiger charge is 2.25. The topological polar surface area (TPSA) is 94.6 Å².